The second-order valence-corrected chi connectivity index (χ2v) is 8.99. The van der Waals surface area contributed by atoms with Crippen molar-refractivity contribution in [2.45, 2.75) is 12.8 Å². The minimum Gasteiger partial charge on any atom is -0.355 e. The van der Waals surface area contributed by atoms with E-state index in [0.717, 1.165) is 54.1 Å². The molecule has 0 aliphatic carbocycles. The van der Waals surface area contributed by atoms with Gasteiger partial charge in [0, 0.05) is 62.1 Å². The molecule has 3 aromatic rings. The van der Waals surface area contributed by atoms with Gasteiger partial charge in [0.2, 0.25) is 11.0 Å². The van der Waals surface area contributed by atoms with E-state index in [1.807, 2.05) is 17.5 Å². The molecule has 1 aliphatic rings. The Hall–Kier alpha value is -2.36. The molecule has 0 radical (unpaired) electrons. The topological polar surface area (TPSA) is 61.4 Å². The first-order chi connectivity index (χ1) is 14.7. The lowest BCUT2D eigenvalue weighted by atomic mass is 10.1. The van der Waals surface area contributed by atoms with Gasteiger partial charge in [-0.25, -0.2) is 9.37 Å². The highest BCUT2D eigenvalue weighted by Gasteiger charge is 2.20. The van der Waals surface area contributed by atoms with E-state index in [4.69, 9.17) is 0 Å². The van der Waals surface area contributed by atoms with Gasteiger partial charge in [-0.05, 0) is 29.1 Å². The first-order valence-corrected chi connectivity index (χ1v) is 11.6. The summed E-state index contributed by atoms with van der Waals surface area (Å²) < 4.78 is 17.5. The van der Waals surface area contributed by atoms with E-state index >= 15 is 0 Å². The van der Waals surface area contributed by atoms with Gasteiger partial charge in [0.25, 0.3) is 0 Å². The molecular formula is C21H24FN5OS2. The fourth-order valence-corrected chi connectivity index (χ4v) is 4.82. The quantitative estimate of drug-likeness (QED) is 0.578. The molecule has 0 saturated carbocycles. The monoisotopic (exact) mass is 445 g/mol. The zero-order chi connectivity index (χ0) is 20.8. The summed E-state index contributed by atoms with van der Waals surface area (Å²) in [4.78, 5) is 22.4. The predicted molar refractivity (Wildman–Crippen MR) is 119 cm³/mol. The Balaban J connectivity index is 1.18. The van der Waals surface area contributed by atoms with Crippen molar-refractivity contribution in [1.29, 1.82) is 0 Å². The average Bonchev–Trinajstić information content (AvgIpc) is 3.43. The zero-order valence-electron chi connectivity index (χ0n) is 16.6. The van der Waals surface area contributed by atoms with Crippen molar-refractivity contribution >= 4 is 33.9 Å². The number of piperazine rings is 1. The Labute approximate surface area is 183 Å². The first-order valence-electron chi connectivity index (χ1n) is 9.99. The molecule has 1 aliphatic heterocycles. The molecule has 1 aromatic carbocycles. The van der Waals surface area contributed by atoms with Crippen molar-refractivity contribution in [3.63, 3.8) is 0 Å². The molecule has 1 N–H and O–H groups in total. The number of hydrogen-bond donors (Lipinski definition) is 1. The van der Waals surface area contributed by atoms with E-state index in [1.165, 1.54) is 23.7 Å². The highest BCUT2D eigenvalue weighted by Crippen LogP contribution is 2.20. The maximum atomic E-state index is 13.0. The third-order valence-corrected chi connectivity index (χ3v) is 6.73. The second kappa shape index (κ2) is 10.1. The van der Waals surface area contributed by atoms with Crippen molar-refractivity contribution in [2.75, 3.05) is 44.2 Å². The van der Waals surface area contributed by atoms with E-state index in [2.05, 4.69) is 24.5 Å². The Bertz CT molecular complexity index is 937. The lowest BCUT2D eigenvalue weighted by Gasteiger charge is -2.34. The van der Waals surface area contributed by atoms with Crippen molar-refractivity contribution in [2.24, 2.45) is 0 Å². The lowest BCUT2D eigenvalue weighted by molar-refractivity contribution is -0.120. The van der Waals surface area contributed by atoms with Crippen LogP contribution in [0.3, 0.4) is 0 Å². The third-order valence-electron chi connectivity index (χ3n) is 5.04. The molecule has 1 fully saturated rings. The maximum absolute atomic E-state index is 13.0. The SMILES string of the molecule is O=C(Cc1cccs1)NCCN1CCN(c2nc(Cc3ccc(F)cc3)ns2)CC1. The molecule has 30 heavy (non-hydrogen) atoms. The van der Waals surface area contributed by atoms with Crippen molar-refractivity contribution < 1.29 is 9.18 Å². The Kier molecular flexibility index (Phi) is 7.03. The number of benzene rings is 1. The van der Waals surface area contributed by atoms with E-state index < -0.39 is 0 Å². The standard InChI is InChI=1S/C21H24FN5OS2/c22-17-5-3-16(4-6-17)14-19-24-21(30-25-19)27-11-9-26(10-12-27)8-7-23-20(28)15-18-2-1-13-29-18/h1-6,13H,7-12,14-15H2,(H,23,28). The summed E-state index contributed by atoms with van der Waals surface area (Å²) in [6.45, 7) is 5.20. The molecule has 3 heterocycles. The van der Waals surface area contributed by atoms with Crippen LogP contribution in [-0.4, -0.2) is 59.4 Å². The number of halogens is 1. The first kappa shape index (κ1) is 20.9. The molecule has 9 heteroatoms. The molecular weight excluding hydrogens is 421 g/mol. The van der Waals surface area contributed by atoms with E-state index in [9.17, 15) is 9.18 Å². The molecule has 0 unspecified atom stereocenters. The molecule has 0 spiro atoms. The summed E-state index contributed by atoms with van der Waals surface area (Å²) in [6.07, 6.45) is 1.07. The second-order valence-electron chi connectivity index (χ2n) is 7.23. The van der Waals surface area contributed by atoms with Crippen LogP contribution in [-0.2, 0) is 17.6 Å². The van der Waals surface area contributed by atoms with Crippen molar-refractivity contribution in [3.8, 4) is 0 Å². The maximum Gasteiger partial charge on any atom is 0.225 e. The Morgan fingerprint density at radius 1 is 1.13 bits per heavy atom. The van der Waals surface area contributed by atoms with Gasteiger partial charge >= 0.3 is 0 Å². The van der Waals surface area contributed by atoms with E-state index in [1.54, 1.807) is 23.5 Å². The minimum absolute atomic E-state index is 0.0821. The number of amides is 1. The minimum atomic E-state index is -0.231. The fraction of sp³-hybridized carbons (Fsp3) is 0.381. The lowest BCUT2D eigenvalue weighted by Crippen LogP contribution is -2.48. The van der Waals surface area contributed by atoms with E-state index in [-0.39, 0.29) is 11.7 Å². The molecule has 1 amide bonds. The number of carbonyl (C=O) groups excluding carboxylic acids is 1. The number of anilines is 1. The number of hydrogen-bond acceptors (Lipinski definition) is 7. The Morgan fingerprint density at radius 3 is 2.67 bits per heavy atom. The van der Waals surface area contributed by atoms with Crippen LogP contribution < -0.4 is 10.2 Å². The van der Waals surface area contributed by atoms with Gasteiger partial charge in [-0.2, -0.15) is 4.37 Å². The molecule has 1 saturated heterocycles. The number of nitrogens with zero attached hydrogens (tertiary/aromatic N) is 4. The van der Waals surface area contributed by atoms with Crippen LogP contribution in [0, 0.1) is 5.82 Å². The average molecular weight is 446 g/mol. The van der Waals surface area contributed by atoms with Gasteiger partial charge < -0.3 is 10.2 Å². The number of nitrogens with one attached hydrogen (secondary N) is 1. The van der Waals surface area contributed by atoms with E-state index in [0.29, 0.717) is 19.4 Å². The predicted octanol–water partition coefficient (Wildman–Crippen LogP) is 2.81. The summed E-state index contributed by atoms with van der Waals surface area (Å²) in [7, 11) is 0. The summed E-state index contributed by atoms with van der Waals surface area (Å²) in [5.41, 5.74) is 1.01. The fourth-order valence-electron chi connectivity index (χ4n) is 3.38. The molecule has 0 atom stereocenters. The molecule has 2 aromatic heterocycles. The third kappa shape index (κ3) is 5.84. The molecule has 0 bridgehead atoms. The van der Waals surface area contributed by atoms with Crippen LogP contribution in [0.15, 0.2) is 41.8 Å². The zero-order valence-corrected chi connectivity index (χ0v) is 18.2. The van der Waals surface area contributed by atoms with Gasteiger partial charge in [0.15, 0.2) is 0 Å². The summed E-state index contributed by atoms with van der Waals surface area (Å²) in [5, 5.41) is 5.94. The summed E-state index contributed by atoms with van der Waals surface area (Å²) in [6, 6.07) is 10.4. The van der Waals surface area contributed by atoms with Crippen LogP contribution in [0.25, 0.3) is 0 Å². The van der Waals surface area contributed by atoms with Crippen LogP contribution in [0.2, 0.25) is 0 Å². The van der Waals surface area contributed by atoms with Crippen LogP contribution in [0.4, 0.5) is 9.52 Å². The Morgan fingerprint density at radius 2 is 1.93 bits per heavy atom. The van der Waals surface area contributed by atoms with Crippen LogP contribution in [0.5, 0.6) is 0 Å². The smallest absolute Gasteiger partial charge is 0.225 e. The summed E-state index contributed by atoms with van der Waals surface area (Å²) >= 11 is 3.03. The summed E-state index contributed by atoms with van der Waals surface area (Å²) in [5.74, 6) is 0.627. The molecule has 158 valence electrons. The highest BCUT2D eigenvalue weighted by atomic mass is 32.1. The molecule has 4 rings (SSSR count). The number of rotatable bonds is 8. The van der Waals surface area contributed by atoms with Crippen LogP contribution in [0.1, 0.15) is 16.3 Å². The van der Waals surface area contributed by atoms with Gasteiger partial charge in [0.1, 0.15) is 11.6 Å². The largest absolute Gasteiger partial charge is 0.355 e. The number of aromatic nitrogens is 2. The van der Waals surface area contributed by atoms with Gasteiger partial charge in [-0.15, -0.1) is 11.3 Å². The van der Waals surface area contributed by atoms with Gasteiger partial charge in [0.05, 0.1) is 6.42 Å². The van der Waals surface area contributed by atoms with Gasteiger partial charge in [-0.1, -0.05) is 18.2 Å². The van der Waals surface area contributed by atoms with Crippen molar-refractivity contribution in [3.05, 3.63) is 63.9 Å². The highest BCUT2D eigenvalue weighted by molar-refractivity contribution is 7.10. The van der Waals surface area contributed by atoms with Gasteiger partial charge in [-0.3, -0.25) is 9.69 Å². The molecule has 6 nitrogen and oxygen atoms in total. The number of thiophene rings is 1. The van der Waals surface area contributed by atoms with Crippen molar-refractivity contribution in [1.82, 2.24) is 19.6 Å². The number of carbonyl (C=O) groups is 1. The normalized spacial score (nSPS) is 14.8. The van der Waals surface area contributed by atoms with Crippen LogP contribution >= 0.6 is 22.9 Å².